The predicted octanol–water partition coefficient (Wildman–Crippen LogP) is 5.35. The van der Waals surface area contributed by atoms with Crippen LogP contribution in [-0.4, -0.2) is 14.2 Å². The standard InChI is InChI=1S/C23H19NO3/c1-25-21-13-12-16(14-23(21)26-2)22-15-19(24-17-8-4-3-5-9-17)18-10-6-7-11-20(18)27-22/h3-15H,1-2H3. The van der Waals surface area contributed by atoms with E-state index in [1.807, 2.05) is 78.9 Å². The minimum Gasteiger partial charge on any atom is -0.493 e. The maximum Gasteiger partial charge on any atom is 0.161 e. The molecule has 0 amide bonds. The van der Waals surface area contributed by atoms with Crippen molar-refractivity contribution in [3.63, 3.8) is 0 Å². The molecule has 0 aliphatic heterocycles. The molecule has 3 aromatic carbocycles. The van der Waals surface area contributed by atoms with Gasteiger partial charge in [0.1, 0.15) is 11.3 Å². The average molecular weight is 357 g/mol. The Kier molecular flexibility index (Phi) is 4.62. The summed E-state index contributed by atoms with van der Waals surface area (Å²) in [5.74, 6) is 2.04. The molecule has 0 atom stereocenters. The van der Waals surface area contributed by atoms with E-state index in [0.717, 1.165) is 27.6 Å². The molecule has 4 rings (SSSR count). The predicted molar refractivity (Wildman–Crippen MR) is 106 cm³/mol. The first kappa shape index (κ1) is 16.9. The van der Waals surface area contributed by atoms with E-state index >= 15 is 0 Å². The maximum atomic E-state index is 6.14. The Bertz CT molecular complexity index is 1150. The highest BCUT2D eigenvalue weighted by Crippen LogP contribution is 2.32. The number of para-hydroxylation sites is 2. The fourth-order valence-electron chi connectivity index (χ4n) is 2.98. The van der Waals surface area contributed by atoms with Crippen LogP contribution >= 0.6 is 0 Å². The molecule has 4 heteroatoms. The molecule has 0 N–H and O–H groups in total. The normalized spacial score (nSPS) is 11.6. The number of rotatable bonds is 4. The largest absolute Gasteiger partial charge is 0.493 e. The van der Waals surface area contributed by atoms with E-state index in [0.29, 0.717) is 17.3 Å². The van der Waals surface area contributed by atoms with Gasteiger partial charge in [0.15, 0.2) is 11.5 Å². The molecule has 1 aromatic heterocycles. The molecule has 0 aliphatic rings. The number of hydrogen-bond donors (Lipinski definition) is 0. The number of hydrogen-bond acceptors (Lipinski definition) is 4. The zero-order valence-corrected chi connectivity index (χ0v) is 15.2. The lowest BCUT2D eigenvalue weighted by atomic mass is 10.1. The van der Waals surface area contributed by atoms with Crippen molar-refractivity contribution >= 4 is 16.7 Å². The topological polar surface area (TPSA) is 44.0 Å². The van der Waals surface area contributed by atoms with Gasteiger partial charge in [-0.1, -0.05) is 30.3 Å². The number of benzene rings is 3. The molecule has 0 spiro atoms. The number of nitrogens with zero attached hydrogens (tertiary/aromatic N) is 1. The van der Waals surface area contributed by atoms with Crippen LogP contribution in [-0.2, 0) is 0 Å². The van der Waals surface area contributed by atoms with Crippen molar-refractivity contribution in [3.8, 4) is 22.8 Å². The van der Waals surface area contributed by atoms with Crippen molar-refractivity contribution in [2.75, 3.05) is 14.2 Å². The van der Waals surface area contributed by atoms with Crippen LogP contribution in [0.25, 0.3) is 22.3 Å². The van der Waals surface area contributed by atoms with Gasteiger partial charge >= 0.3 is 0 Å². The van der Waals surface area contributed by atoms with E-state index < -0.39 is 0 Å². The van der Waals surface area contributed by atoms with Crippen LogP contribution in [0.1, 0.15) is 0 Å². The molecule has 134 valence electrons. The van der Waals surface area contributed by atoms with Crippen LogP contribution in [0.15, 0.2) is 88.3 Å². The number of ether oxygens (including phenoxy) is 2. The lowest BCUT2D eigenvalue weighted by Gasteiger charge is -2.10. The van der Waals surface area contributed by atoms with E-state index in [-0.39, 0.29) is 0 Å². The Morgan fingerprint density at radius 2 is 1.48 bits per heavy atom. The summed E-state index contributed by atoms with van der Waals surface area (Å²) in [6.45, 7) is 0. The fourth-order valence-corrected chi connectivity index (χ4v) is 2.98. The first-order valence-electron chi connectivity index (χ1n) is 8.63. The highest BCUT2D eigenvalue weighted by molar-refractivity contribution is 5.79. The molecular formula is C23H19NO3. The highest BCUT2D eigenvalue weighted by Gasteiger charge is 2.10. The zero-order valence-electron chi connectivity index (χ0n) is 15.2. The first-order chi connectivity index (χ1) is 13.3. The Morgan fingerprint density at radius 3 is 2.26 bits per heavy atom. The highest BCUT2D eigenvalue weighted by atomic mass is 16.5. The third kappa shape index (κ3) is 3.42. The van der Waals surface area contributed by atoms with E-state index in [9.17, 15) is 0 Å². The van der Waals surface area contributed by atoms with E-state index in [1.165, 1.54) is 0 Å². The molecule has 0 aliphatic carbocycles. The van der Waals surface area contributed by atoms with Gasteiger partial charge in [0.05, 0.1) is 25.3 Å². The second-order valence-electron chi connectivity index (χ2n) is 6.01. The second kappa shape index (κ2) is 7.38. The molecule has 4 nitrogen and oxygen atoms in total. The Balaban J connectivity index is 1.94. The quantitative estimate of drug-likeness (QED) is 0.494. The van der Waals surface area contributed by atoms with E-state index in [1.54, 1.807) is 14.2 Å². The number of fused-ring (bicyclic) bond motifs is 1. The van der Waals surface area contributed by atoms with Crippen molar-refractivity contribution in [2.45, 2.75) is 0 Å². The lowest BCUT2D eigenvalue weighted by Crippen LogP contribution is -2.03. The molecule has 0 fully saturated rings. The Morgan fingerprint density at radius 1 is 0.741 bits per heavy atom. The molecule has 0 saturated heterocycles. The molecule has 0 bridgehead atoms. The van der Waals surface area contributed by atoms with Crippen LogP contribution in [0.5, 0.6) is 11.5 Å². The van der Waals surface area contributed by atoms with Gasteiger partial charge in [-0.2, -0.15) is 0 Å². The van der Waals surface area contributed by atoms with Gasteiger partial charge in [0.25, 0.3) is 0 Å². The summed E-state index contributed by atoms with van der Waals surface area (Å²) in [5.41, 5.74) is 2.56. The zero-order chi connectivity index (χ0) is 18.6. The van der Waals surface area contributed by atoms with Crippen LogP contribution < -0.4 is 14.8 Å². The Hall–Kier alpha value is -3.53. The van der Waals surface area contributed by atoms with Crippen molar-refractivity contribution < 1.29 is 13.9 Å². The maximum absolute atomic E-state index is 6.14. The van der Waals surface area contributed by atoms with Crippen LogP contribution in [0.4, 0.5) is 5.69 Å². The molecule has 0 radical (unpaired) electrons. The second-order valence-corrected chi connectivity index (χ2v) is 6.01. The minimum atomic E-state index is 0.653. The van der Waals surface area contributed by atoms with Crippen molar-refractivity contribution in [1.29, 1.82) is 0 Å². The van der Waals surface area contributed by atoms with E-state index in [4.69, 9.17) is 18.9 Å². The fraction of sp³-hybridized carbons (Fsp3) is 0.0870. The number of methoxy groups -OCH3 is 2. The Labute approximate surface area is 157 Å². The summed E-state index contributed by atoms with van der Waals surface area (Å²) < 4.78 is 16.9. The van der Waals surface area contributed by atoms with Crippen molar-refractivity contribution in [1.82, 2.24) is 0 Å². The monoisotopic (exact) mass is 357 g/mol. The van der Waals surface area contributed by atoms with Crippen molar-refractivity contribution in [2.24, 2.45) is 4.99 Å². The first-order valence-corrected chi connectivity index (χ1v) is 8.63. The van der Waals surface area contributed by atoms with Gasteiger partial charge in [-0.3, -0.25) is 0 Å². The summed E-state index contributed by atoms with van der Waals surface area (Å²) in [4.78, 5) is 4.82. The molecule has 27 heavy (non-hydrogen) atoms. The van der Waals surface area contributed by atoms with Crippen LogP contribution in [0.2, 0.25) is 0 Å². The van der Waals surface area contributed by atoms with Gasteiger partial charge in [0.2, 0.25) is 0 Å². The van der Waals surface area contributed by atoms with Gasteiger partial charge in [-0.25, -0.2) is 4.99 Å². The summed E-state index contributed by atoms with van der Waals surface area (Å²) in [7, 11) is 3.24. The van der Waals surface area contributed by atoms with Crippen LogP contribution in [0.3, 0.4) is 0 Å². The molecule has 1 heterocycles. The third-order valence-corrected chi connectivity index (χ3v) is 4.32. The molecule has 4 aromatic rings. The van der Waals surface area contributed by atoms with Gasteiger partial charge < -0.3 is 13.9 Å². The van der Waals surface area contributed by atoms with Gasteiger partial charge in [-0.05, 0) is 42.5 Å². The smallest absolute Gasteiger partial charge is 0.161 e. The summed E-state index contributed by atoms with van der Waals surface area (Å²) in [6, 6.07) is 25.5. The van der Waals surface area contributed by atoms with Gasteiger partial charge in [0, 0.05) is 17.0 Å². The average Bonchev–Trinajstić information content (AvgIpc) is 2.74. The van der Waals surface area contributed by atoms with Crippen LogP contribution in [0, 0.1) is 0 Å². The molecule has 0 saturated carbocycles. The van der Waals surface area contributed by atoms with E-state index in [2.05, 4.69) is 0 Å². The summed E-state index contributed by atoms with van der Waals surface area (Å²) in [5, 5.41) is 1.82. The minimum absolute atomic E-state index is 0.653. The molecular weight excluding hydrogens is 338 g/mol. The SMILES string of the molecule is COc1ccc(-c2cc(=Nc3ccccc3)c3ccccc3o2)cc1OC. The third-order valence-electron chi connectivity index (χ3n) is 4.32. The molecule has 0 unspecified atom stereocenters. The van der Waals surface area contributed by atoms with Gasteiger partial charge in [-0.15, -0.1) is 0 Å². The summed E-state index contributed by atoms with van der Waals surface area (Å²) >= 11 is 0. The lowest BCUT2D eigenvalue weighted by molar-refractivity contribution is 0.355. The van der Waals surface area contributed by atoms with Crippen molar-refractivity contribution in [3.05, 3.63) is 84.2 Å². The summed E-state index contributed by atoms with van der Waals surface area (Å²) in [6.07, 6.45) is 0.